The van der Waals surface area contributed by atoms with Crippen molar-refractivity contribution in [2.75, 3.05) is 19.5 Å². The first-order chi connectivity index (χ1) is 10.5. The van der Waals surface area contributed by atoms with Crippen molar-refractivity contribution < 1.29 is 24.8 Å². The second-order valence-electron chi connectivity index (χ2n) is 4.75. The lowest BCUT2D eigenvalue weighted by Gasteiger charge is -2.15. The third-order valence-corrected chi connectivity index (χ3v) is 4.00. The number of nitrogen functional groups attached to an aromatic ring is 1. The summed E-state index contributed by atoms with van der Waals surface area (Å²) in [6.45, 7) is -0.435. The summed E-state index contributed by atoms with van der Waals surface area (Å²) in [6.07, 6.45) is -4.47. The molecular formula is C11H14BrN5O5. The minimum absolute atomic E-state index is 0.0373. The van der Waals surface area contributed by atoms with Crippen molar-refractivity contribution in [2.24, 2.45) is 0 Å². The predicted molar refractivity (Wildman–Crippen MR) is 77.0 cm³/mol. The Balaban J connectivity index is 2.14. The Kier molecular flexibility index (Phi) is 3.91. The largest absolute Gasteiger partial charge is 0.480 e. The average Bonchev–Trinajstić information content (AvgIpc) is 2.97. The van der Waals surface area contributed by atoms with Crippen LogP contribution in [-0.2, 0) is 4.74 Å². The summed E-state index contributed by atoms with van der Waals surface area (Å²) in [4.78, 5) is 8.04. The zero-order chi connectivity index (χ0) is 16.0. The molecule has 120 valence electrons. The number of nitrogens with zero attached hydrogens (tertiary/aromatic N) is 4. The molecule has 1 aliphatic rings. The highest BCUT2D eigenvalue weighted by atomic mass is 79.9. The number of fused-ring (bicyclic) bond motifs is 1. The van der Waals surface area contributed by atoms with Crippen LogP contribution in [0.1, 0.15) is 6.23 Å². The zero-order valence-electron chi connectivity index (χ0n) is 11.4. The summed E-state index contributed by atoms with van der Waals surface area (Å²) < 4.78 is 12.2. The fourth-order valence-corrected chi connectivity index (χ4v) is 2.91. The van der Waals surface area contributed by atoms with Crippen LogP contribution in [0, 0.1) is 0 Å². The molecule has 0 radical (unpaired) electrons. The number of methoxy groups -OCH3 is 1. The molecule has 1 fully saturated rings. The van der Waals surface area contributed by atoms with E-state index in [1.807, 2.05) is 0 Å². The van der Waals surface area contributed by atoms with Gasteiger partial charge in [0, 0.05) is 0 Å². The molecule has 10 nitrogen and oxygen atoms in total. The van der Waals surface area contributed by atoms with E-state index in [4.69, 9.17) is 20.3 Å². The van der Waals surface area contributed by atoms with Crippen LogP contribution in [-0.4, -0.2) is 67.1 Å². The number of ether oxygens (including phenoxy) is 2. The van der Waals surface area contributed by atoms with Gasteiger partial charge in [0.05, 0.1) is 13.7 Å². The molecule has 2 aromatic heterocycles. The molecule has 0 aromatic carbocycles. The highest BCUT2D eigenvalue weighted by molar-refractivity contribution is 9.10. The number of anilines is 1. The number of aliphatic hydroxyl groups excluding tert-OH is 3. The van der Waals surface area contributed by atoms with Gasteiger partial charge in [-0.3, -0.25) is 0 Å². The summed E-state index contributed by atoms with van der Waals surface area (Å²) in [5.41, 5.74) is 5.91. The van der Waals surface area contributed by atoms with E-state index in [-0.39, 0.29) is 17.5 Å². The van der Waals surface area contributed by atoms with E-state index in [9.17, 15) is 10.2 Å². The van der Waals surface area contributed by atoms with Gasteiger partial charge < -0.3 is 30.5 Å². The quantitative estimate of drug-likeness (QED) is 0.518. The van der Waals surface area contributed by atoms with Gasteiger partial charge in [0.1, 0.15) is 28.3 Å². The third-order valence-electron chi connectivity index (χ3n) is 3.44. The van der Waals surface area contributed by atoms with E-state index >= 15 is 0 Å². The number of hydrogen-bond acceptors (Lipinski definition) is 9. The molecule has 0 amide bonds. The van der Waals surface area contributed by atoms with Crippen LogP contribution < -0.4 is 10.5 Å². The van der Waals surface area contributed by atoms with Gasteiger partial charge in [-0.15, -0.1) is 0 Å². The van der Waals surface area contributed by atoms with Crippen LogP contribution in [0.3, 0.4) is 0 Å². The molecule has 0 spiro atoms. The summed E-state index contributed by atoms with van der Waals surface area (Å²) >= 11 is 3.27. The molecule has 11 heteroatoms. The monoisotopic (exact) mass is 375 g/mol. The lowest BCUT2D eigenvalue weighted by Crippen LogP contribution is -2.33. The maximum Gasteiger partial charge on any atom is 0.230 e. The normalized spacial score (nSPS) is 28.4. The third kappa shape index (κ3) is 2.21. The number of nitrogens with two attached hydrogens (primary N) is 1. The van der Waals surface area contributed by atoms with E-state index in [2.05, 4.69) is 31.0 Å². The highest BCUT2D eigenvalue weighted by Gasteiger charge is 2.44. The van der Waals surface area contributed by atoms with Gasteiger partial charge in [-0.1, -0.05) is 0 Å². The smallest absolute Gasteiger partial charge is 0.230 e. The van der Waals surface area contributed by atoms with Crippen molar-refractivity contribution in [3.63, 3.8) is 0 Å². The molecule has 0 aliphatic carbocycles. The van der Waals surface area contributed by atoms with E-state index in [0.29, 0.717) is 9.99 Å². The van der Waals surface area contributed by atoms with Crippen molar-refractivity contribution in [1.82, 2.24) is 19.7 Å². The summed E-state index contributed by atoms with van der Waals surface area (Å²) in [7, 11) is 1.43. The van der Waals surface area contributed by atoms with Crippen molar-refractivity contribution in [1.29, 1.82) is 0 Å². The Bertz CT molecular complexity index is 710. The molecular weight excluding hydrogens is 362 g/mol. The van der Waals surface area contributed by atoms with Gasteiger partial charge in [0.2, 0.25) is 11.8 Å². The minimum Gasteiger partial charge on any atom is -0.480 e. The lowest BCUT2D eigenvalue weighted by molar-refractivity contribution is -0.0567. The van der Waals surface area contributed by atoms with Gasteiger partial charge in [0.25, 0.3) is 0 Å². The first kappa shape index (κ1) is 15.4. The maximum atomic E-state index is 10.1. The first-order valence-corrected chi connectivity index (χ1v) is 7.15. The Morgan fingerprint density at radius 2 is 2.09 bits per heavy atom. The van der Waals surface area contributed by atoms with Crippen LogP contribution in [0.4, 0.5) is 5.95 Å². The van der Waals surface area contributed by atoms with Gasteiger partial charge in [-0.25, -0.2) is 4.68 Å². The lowest BCUT2D eigenvalue weighted by atomic mass is 10.1. The summed E-state index contributed by atoms with van der Waals surface area (Å²) in [6, 6.07) is 0. The Morgan fingerprint density at radius 1 is 1.36 bits per heavy atom. The van der Waals surface area contributed by atoms with E-state index in [1.54, 1.807) is 0 Å². The Morgan fingerprint density at radius 3 is 2.68 bits per heavy atom. The van der Waals surface area contributed by atoms with Crippen LogP contribution in [0.2, 0.25) is 0 Å². The fourth-order valence-electron chi connectivity index (χ4n) is 2.39. The van der Waals surface area contributed by atoms with E-state index in [1.165, 1.54) is 11.8 Å². The van der Waals surface area contributed by atoms with E-state index < -0.39 is 31.1 Å². The van der Waals surface area contributed by atoms with E-state index in [0.717, 1.165) is 0 Å². The number of aliphatic hydroxyl groups is 3. The SMILES string of the molecule is COc1nc(N)nc2c1c(Br)nn2[C@@H]1O[C@H](CO)[C@@H](O)[C@H]1O. The molecule has 22 heavy (non-hydrogen) atoms. The second-order valence-corrected chi connectivity index (χ2v) is 5.51. The predicted octanol–water partition coefficient (Wildman–Crippen LogP) is -1.21. The number of rotatable bonds is 3. The Hall–Kier alpha value is -1.53. The molecule has 4 atom stereocenters. The van der Waals surface area contributed by atoms with Crippen LogP contribution >= 0.6 is 15.9 Å². The van der Waals surface area contributed by atoms with Gasteiger partial charge in [-0.05, 0) is 15.9 Å². The molecule has 2 aromatic rings. The van der Waals surface area contributed by atoms with Crippen molar-refractivity contribution in [2.45, 2.75) is 24.5 Å². The molecule has 0 unspecified atom stereocenters. The van der Waals surface area contributed by atoms with Crippen molar-refractivity contribution in [3.05, 3.63) is 4.60 Å². The number of hydrogen-bond donors (Lipinski definition) is 4. The highest BCUT2D eigenvalue weighted by Crippen LogP contribution is 2.36. The molecule has 3 rings (SSSR count). The second kappa shape index (κ2) is 5.59. The summed E-state index contributed by atoms with van der Waals surface area (Å²) in [5, 5.41) is 33.8. The van der Waals surface area contributed by atoms with Gasteiger partial charge in [0.15, 0.2) is 11.9 Å². The van der Waals surface area contributed by atoms with Crippen molar-refractivity contribution in [3.8, 4) is 5.88 Å². The standard InChI is InChI=1S/C11H14BrN5O5/c1-21-9-4-7(12)16-17(8(4)14-11(13)15-9)10-6(20)5(19)3(2-18)22-10/h3,5-6,10,18-20H,2H2,1H3,(H2,13,14,15)/t3-,5-,6-,10-/m1/s1. The maximum absolute atomic E-state index is 10.1. The van der Waals surface area contributed by atoms with Crippen LogP contribution in [0.15, 0.2) is 4.60 Å². The molecule has 5 N–H and O–H groups in total. The number of halogens is 1. The minimum atomic E-state index is -1.28. The molecule has 0 bridgehead atoms. The Labute approximate surface area is 132 Å². The van der Waals surface area contributed by atoms with Gasteiger partial charge in [-0.2, -0.15) is 15.1 Å². The molecule has 0 saturated carbocycles. The molecule has 1 saturated heterocycles. The zero-order valence-corrected chi connectivity index (χ0v) is 13.0. The van der Waals surface area contributed by atoms with Crippen molar-refractivity contribution >= 4 is 32.9 Å². The fraction of sp³-hybridized carbons (Fsp3) is 0.545. The molecule has 1 aliphatic heterocycles. The van der Waals surface area contributed by atoms with Crippen LogP contribution in [0.5, 0.6) is 5.88 Å². The van der Waals surface area contributed by atoms with Gasteiger partial charge >= 0.3 is 0 Å². The van der Waals surface area contributed by atoms with Crippen LogP contribution in [0.25, 0.3) is 11.0 Å². The molecule has 3 heterocycles. The topological polar surface area (TPSA) is 149 Å². The summed E-state index contributed by atoms with van der Waals surface area (Å²) in [5.74, 6) is 0.178. The first-order valence-electron chi connectivity index (χ1n) is 6.35. The average molecular weight is 376 g/mol. The number of aromatic nitrogens is 4.